The van der Waals surface area contributed by atoms with Crippen molar-refractivity contribution in [3.8, 4) is 0 Å². The highest BCUT2D eigenvalue weighted by Crippen LogP contribution is 2.14. The molecule has 0 fully saturated rings. The average Bonchev–Trinajstić information content (AvgIpc) is 2.61. The van der Waals surface area contributed by atoms with Gasteiger partial charge in [0.2, 0.25) is 0 Å². The Hall–Kier alpha value is 0.01000. The van der Waals surface area contributed by atoms with Gasteiger partial charge >= 0.3 is 0 Å². The van der Waals surface area contributed by atoms with E-state index in [0.29, 0.717) is 5.41 Å². The van der Waals surface area contributed by atoms with Crippen LogP contribution in [-0.4, -0.2) is 18.8 Å². The normalized spacial score (nSPS) is 11.9. The highest BCUT2D eigenvalue weighted by atomic mass is 32.2. The molecule has 0 bridgehead atoms. The van der Waals surface area contributed by atoms with Crippen LogP contribution in [-0.2, 0) is 5.75 Å². The molecule has 0 aliphatic heterocycles. The summed E-state index contributed by atoms with van der Waals surface area (Å²) in [6, 6.07) is 2.21. The number of nitrogens with one attached hydrogen (secondary N) is 1. The monoisotopic (exact) mass is 243 g/mol. The number of hydrogen-bond donors (Lipinski definition) is 1. The molecule has 0 aliphatic rings. The third kappa shape index (κ3) is 6.98. The summed E-state index contributed by atoms with van der Waals surface area (Å²) in [5, 5.41) is 7.87. The molecule has 1 nitrogen and oxygen atoms in total. The van der Waals surface area contributed by atoms with Gasteiger partial charge in [-0.05, 0) is 27.8 Å². The van der Waals surface area contributed by atoms with Gasteiger partial charge < -0.3 is 5.32 Å². The molecule has 1 aromatic rings. The standard InChI is InChI=1S/C12H21NS2/c1-12(2,3)10-13-5-7-15-9-11-4-6-14-8-11/h4,6,8,13H,5,7,9-10H2,1-3H3. The van der Waals surface area contributed by atoms with Crippen molar-refractivity contribution >= 4 is 23.1 Å². The molecule has 1 aromatic heterocycles. The van der Waals surface area contributed by atoms with Gasteiger partial charge in [0.1, 0.15) is 0 Å². The van der Waals surface area contributed by atoms with E-state index < -0.39 is 0 Å². The second-order valence-electron chi connectivity index (χ2n) is 4.92. The van der Waals surface area contributed by atoms with Crippen LogP contribution in [0, 0.1) is 5.41 Å². The summed E-state index contributed by atoms with van der Waals surface area (Å²) in [6.07, 6.45) is 0. The van der Waals surface area contributed by atoms with E-state index in [2.05, 4.69) is 42.9 Å². The average molecular weight is 243 g/mol. The van der Waals surface area contributed by atoms with E-state index in [1.165, 1.54) is 11.3 Å². The Bertz CT molecular complexity index is 249. The SMILES string of the molecule is CC(C)(C)CNCCSCc1ccsc1. The number of hydrogen-bond acceptors (Lipinski definition) is 3. The number of thioether (sulfide) groups is 1. The minimum atomic E-state index is 0.401. The van der Waals surface area contributed by atoms with Crippen molar-refractivity contribution in [2.45, 2.75) is 26.5 Å². The van der Waals surface area contributed by atoms with Crippen molar-refractivity contribution in [3.63, 3.8) is 0 Å². The molecule has 0 saturated carbocycles. The predicted octanol–water partition coefficient (Wildman–Crippen LogP) is 3.62. The lowest BCUT2D eigenvalue weighted by Crippen LogP contribution is -2.28. The Kier molecular flexibility index (Phi) is 5.72. The Morgan fingerprint density at radius 3 is 2.80 bits per heavy atom. The van der Waals surface area contributed by atoms with Gasteiger partial charge in [-0.1, -0.05) is 20.8 Å². The molecule has 0 saturated heterocycles. The van der Waals surface area contributed by atoms with Crippen LogP contribution in [0.1, 0.15) is 26.3 Å². The molecule has 1 N–H and O–H groups in total. The molecule has 0 spiro atoms. The zero-order chi connectivity index (χ0) is 11.1. The number of rotatable bonds is 6. The van der Waals surface area contributed by atoms with Gasteiger partial charge in [-0.3, -0.25) is 0 Å². The first kappa shape index (κ1) is 13.1. The molecular formula is C12H21NS2. The third-order valence-electron chi connectivity index (χ3n) is 1.93. The smallest absolute Gasteiger partial charge is 0.0193 e. The van der Waals surface area contributed by atoms with Crippen molar-refractivity contribution < 1.29 is 0 Å². The van der Waals surface area contributed by atoms with Crippen LogP contribution in [0.4, 0.5) is 0 Å². The molecule has 0 aromatic carbocycles. The molecule has 86 valence electrons. The van der Waals surface area contributed by atoms with E-state index in [1.807, 2.05) is 11.8 Å². The van der Waals surface area contributed by atoms with E-state index in [4.69, 9.17) is 0 Å². The first-order valence-corrected chi connectivity index (χ1v) is 7.47. The van der Waals surface area contributed by atoms with Crippen molar-refractivity contribution in [1.29, 1.82) is 0 Å². The summed E-state index contributed by atoms with van der Waals surface area (Å²) >= 11 is 3.79. The van der Waals surface area contributed by atoms with Crippen LogP contribution >= 0.6 is 23.1 Å². The molecular weight excluding hydrogens is 222 g/mol. The fraction of sp³-hybridized carbons (Fsp3) is 0.667. The van der Waals surface area contributed by atoms with E-state index in [-0.39, 0.29) is 0 Å². The second-order valence-corrected chi connectivity index (χ2v) is 6.81. The van der Waals surface area contributed by atoms with Gasteiger partial charge in [0, 0.05) is 24.6 Å². The van der Waals surface area contributed by atoms with Gasteiger partial charge in [0.05, 0.1) is 0 Å². The minimum absolute atomic E-state index is 0.401. The van der Waals surface area contributed by atoms with Crippen LogP contribution in [0.15, 0.2) is 16.8 Å². The molecule has 3 heteroatoms. The van der Waals surface area contributed by atoms with Crippen LogP contribution in [0.25, 0.3) is 0 Å². The Morgan fingerprint density at radius 1 is 1.40 bits per heavy atom. The summed E-state index contributed by atoms with van der Waals surface area (Å²) in [6.45, 7) is 9.01. The van der Waals surface area contributed by atoms with Crippen molar-refractivity contribution in [1.82, 2.24) is 5.32 Å². The maximum atomic E-state index is 3.49. The van der Waals surface area contributed by atoms with E-state index in [0.717, 1.165) is 18.8 Å². The van der Waals surface area contributed by atoms with Crippen molar-refractivity contribution in [2.75, 3.05) is 18.8 Å². The largest absolute Gasteiger partial charge is 0.315 e. The van der Waals surface area contributed by atoms with Gasteiger partial charge in [0.25, 0.3) is 0 Å². The molecule has 0 radical (unpaired) electrons. The number of thiophene rings is 1. The fourth-order valence-corrected chi connectivity index (χ4v) is 2.79. The topological polar surface area (TPSA) is 12.0 Å². The van der Waals surface area contributed by atoms with Crippen LogP contribution in [0.5, 0.6) is 0 Å². The van der Waals surface area contributed by atoms with Crippen LogP contribution < -0.4 is 5.32 Å². The Balaban J connectivity index is 1.94. The molecule has 15 heavy (non-hydrogen) atoms. The van der Waals surface area contributed by atoms with Gasteiger partial charge in [-0.15, -0.1) is 0 Å². The van der Waals surface area contributed by atoms with Crippen LogP contribution in [0.3, 0.4) is 0 Å². The fourth-order valence-electron chi connectivity index (χ4n) is 1.17. The quantitative estimate of drug-likeness (QED) is 0.766. The summed E-state index contributed by atoms with van der Waals surface area (Å²) < 4.78 is 0. The predicted molar refractivity (Wildman–Crippen MR) is 72.8 cm³/mol. The lowest BCUT2D eigenvalue weighted by atomic mass is 9.97. The van der Waals surface area contributed by atoms with Gasteiger partial charge in [-0.25, -0.2) is 0 Å². The van der Waals surface area contributed by atoms with Gasteiger partial charge in [-0.2, -0.15) is 23.1 Å². The lowest BCUT2D eigenvalue weighted by Gasteiger charge is -2.18. The van der Waals surface area contributed by atoms with Crippen molar-refractivity contribution in [3.05, 3.63) is 22.4 Å². The minimum Gasteiger partial charge on any atom is -0.315 e. The molecule has 0 aliphatic carbocycles. The Labute approximate surface area is 102 Å². The zero-order valence-corrected chi connectivity index (χ0v) is 11.5. The molecule has 1 rings (SSSR count). The maximum absolute atomic E-state index is 3.49. The maximum Gasteiger partial charge on any atom is 0.0193 e. The molecule has 0 atom stereocenters. The van der Waals surface area contributed by atoms with E-state index >= 15 is 0 Å². The molecule has 0 unspecified atom stereocenters. The van der Waals surface area contributed by atoms with E-state index in [9.17, 15) is 0 Å². The second kappa shape index (κ2) is 6.56. The van der Waals surface area contributed by atoms with E-state index in [1.54, 1.807) is 11.3 Å². The highest BCUT2D eigenvalue weighted by molar-refractivity contribution is 7.98. The first-order valence-electron chi connectivity index (χ1n) is 5.37. The summed E-state index contributed by atoms with van der Waals surface area (Å²) in [5.74, 6) is 2.35. The van der Waals surface area contributed by atoms with Crippen molar-refractivity contribution in [2.24, 2.45) is 5.41 Å². The summed E-state index contributed by atoms with van der Waals surface area (Å²) in [5.41, 5.74) is 1.86. The first-order chi connectivity index (χ1) is 7.08. The molecule has 1 heterocycles. The lowest BCUT2D eigenvalue weighted by molar-refractivity contribution is 0.385. The highest BCUT2D eigenvalue weighted by Gasteiger charge is 2.08. The summed E-state index contributed by atoms with van der Waals surface area (Å²) in [4.78, 5) is 0. The summed E-state index contributed by atoms with van der Waals surface area (Å²) in [7, 11) is 0. The van der Waals surface area contributed by atoms with Gasteiger partial charge in [0.15, 0.2) is 0 Å². The third-order valence-corrected chi connectivity index (χ3v) is 3.69. The zero-order valence-electron chi connectivity index (χ0n) is 9.88. The van der Waals surface area contributed by atoms with Crippen LogP contribution in [0.2, 0.25) is 0 Å². The Morgan fingerprint density at radius 2 is 2.20 bits per heavy atom. The molecule has 0 amide bonds.